The van der Waals surface area contributed by atoms with Crippen LogP contribution in [0.3, 0.4) is 0 Å². The summed E-state index contributed by atoms with van der Waals surface area (Å²) in [7, 11) is 0. The van der Waals surface area contributed by atoms with E-state index in [-0.39, 0.29) is 6.03 Å². The number of carbonyl (C=O) groups is 1. The lowest BCUT2D eigenvalue weighted by Gasteiger charge is -2.10. The first-order valence-electron chi connectivity index (χ1n) is 5.64. The molecule has 0 atom stereocenters. The molecule has 0 aliphatic rings. The molecule has 0 saturated carbocycles. The molecule has 0 saturated heterocycles. The molecule has 0 spiro atoms. The number of carbonyl (C=O) groups excluding carboxylic acids is 1. The van der Waals surface area contributed by atoms with Crippen LogP contribution in [0.15, 0.2) is 46.9 Å². The fourth-order valence-corrected chi connectivity index (χ4v) is 2.66. The van der Waals surface area contributed by atoms with Crippen LogP contribution in [-0.2, 0) is 0 Å². The summed E-state index contributed by atoms with van der Waals surface area (Å²) in [6.45, 7) is 1.97. The Morgan fingerprint density at radius 2 is 1.95 bits per heavy atom. The van der Waals surface area contributed by atoms with Crippen LogP contribution < -0.4 is 10.6 Å². The fourth-order valence-electron chi connectivity index (χ4n) is 1.62. The van der Waals surface area contributed by atoms with Gasteiger partial charge in [-0.25, -0.2) is 4.79 Å². The third-order valence-corrected chi connectivity index (χ3v) is 3.68. The molecule has 0 heterocycles. The van der Waals surface area contributed by atoms with Gasteiger partial charge < -0.3 is 10.6 Å². The molecule has 2 aromatic rings. The van der Waals surface area contributed by atoms with Crippen LogP contribution in [0.5, 0.6) is 0 Å². The van der Waals surface area contributed by atoms with Gasteiger partial charge in [-0.3, -0.25) is 0 Å². The molecule has 0 aromatic heterocycles. The van der Waals surface area contributed by atoms with Crippen molar-refractivity contribution in [2.24, 2.45) is 0 Å². The summed E-state index contributed by atoms with van der Waals surface area (Å²) in [5.41, 5.74) is 2.60. The quantitative estimate of drug-likeness (QED) is 0.646. The topological polar surface area (TPSA) is 41.1 Å². The Hall–Kier alpha value is -1.08. The summed E-state index contributed by atoms with van der Waals surface area (Å²) in [5.74, 6) is 0. The zero-order valence-corrected chi connectivity index (χ0v) is 13.9. The fraction of sp³-hybridized carbons (Fsp3) is 0.0714. The maximum atomic E-state index is 11.9. The van der Waals surface area contributed by atoms with E-state index in [1.807, 2.05) is 49.4 Å². The van der Waals surface area contributed by atoms with E-state index in [0.717, 1.165) is 25.0 Å². The number of halogens is 2. The minimum atomic E-state index is -0.248. The highest BCUT2D eigenvalue weighted by atomic mass is 127. The number of benzene rings is 2. The van der Waals surface area contributed by atoms with E-state index < -0.39 is 0 Å². The molecule has 0 aliphatic carbocycles. The van der Waals surface area contributed by atoms with E-state index in [2.05, 4.69) is 49.2 Å². The third-order valence-electron chi connectivity index (χ3n) is 2.52. The van der Waals surface area contributed by atoms with Gasteiger partial charge in [0.2, 0.25) is 0 Å². The van der Waals surface area contributed by atoms with E-state index in [9.17, 15) is 4.79 Å². The van der Waals surface area contributed by atoms with Gasteiger partial charge in [0.15, 0.2) is 0 Å². The molecule has 3 nitrogen and oxygen atoms in total. The van der Waals surface area contributed by atoms with E-state index in [1.54, 1.807) is 0 Å². The van der Waals surface area contributed by atoms with Crippen molar-refractivity contribution in [2.45, 2.75) is 6.92 Å². The second-order valence-corrected chi connectivity index (χ2v) is 6.21. The monoisotopic (exact) mass is 430 g/mol. The number of urea groups is 1. The molecule has 2 N–H and O–H groups in total. The Balaban J connectivity index is 2.05. The third kappa shape index (κ3) is 4.21. The van der Waals surface area contributed by atoms with Gasteiger partial charge in [-0.15, -0.1) is 0 Å². The van der Waals surface area contributed by atoms with Crippen LogP contribution in [0.4, 0.5) is 16.2 Å². The molecule has 0 radical (unpaired) electrons. The van der Waals surface area contributed by atoms with Crippen molar-refractivity contribution in [3.63, 3.8) is 0 Å². The molecule has 0 aliphatic heterocycles. The Kier molecular flexibility index (Phi) is 4.81. The molecule has 0 unspecified atom stereocenters. The van der Waals surface area contributed by atoms with Crippen molar-refractivity contribution in [2.75, 3.05) is 10.6 Å². The predicted molar refractivity (Wildman–Crippen MR) is 90.7 cm³/mol. The second kappa shape index (κ2) is 6.38. The largest absolute Gasteiger partial charge is 0.323 e. The molecule has 5 heteroatoms. The first-order chi connectivity index (χ1) is 9.04. The Morgan fingerprint density at radius 1 is 1.16 bits per heavy atom. The van der Waals surface area contributed by atoms with Gasteiger partial charge in [-0.1, -0.05) is 22.0 Å². The van der Waals surface area contributed by atoms with E-state index in [1.165, 1.54) is 0 Å². The summed E-state index contributed by atoms with van der Waals surface area (Å²) in [6, 6.07) is 13.1. The van der Waals surface area contributed by atoms with Gasteiger partial charge in [0.25, 0.3) is 0 Å². The highest BCUT2D eigenvalue weighted by molar-refractivity contribution is 14.1. The van der Waals surface area contributed by atoms with Gasteiger partial charge in [-0.2, -0.15) is 0 Å². The predicted octanol–water partition coefficient (Wildman–Crippen LogP) is 5.01. The minimum absolute atomic E-state index is 0.248. The lowest BCUT2D eigenvalue weighted by molar-refractivity contribution is 0.262. The number of hydrogen-bond donors (Lipinski definition) is 2. The lowest BCUT2D eigenvalue weighted by atomic mass is 10.2. The van der Waals surface area contributed by atoms with Crippen molar-refractivity contribution in [1.82, 2.24) is 0 Å². The summed E-state index contributed by atoms with van der Waals surface area (Å²) in [6.07, 6.45) is 0. The molecule has 0 fully saturated rings. The van der Waals surface area contributed by atoms with Crippen LogP contribution in [-0.4, -0.2) is 6.03 Å². The highest BCUT2D eigenvalue weighted by Gasteiger charge is 2.05. The number of amides is 2. The van der Waals surface area contributed by atoms with Crippen LogP contribution in [0, 0.1) is 10.5 Å². The van der Waals surface area contributed by atoms with Crippen molar-refractivity contribution in [1.29, 1.82) is 0 Å². The second-order valence-electron chi connectivity index (χ2n) is 4.05. The highest BCUT2D eigenvalue weighted by Crippen LogP contribution is 2.19. The zero-order valence-electron chi connectivity index (χ0n) is 10.2. The first kappa shape index (κ1) is 14.3. The SMILES string of the molecule is Cc1cc(I)ccc1NC(=O)Nc1cccc(Br)c1. The Bertz CT molecular complexity index is 616. The summed E-state index contributed by atoms with van der Waals surface area (Å²) in [4.78, 5) is 11.9. The number of hydrogen-bond acceptors (Lipinski definition) is 1. The molecule has 2 amide bonds. The van der Waals surface area contributed by atoms with E-state index in [4.69, 9.17) is 0 Å². The molecular weight excluding hydrogens is 419 g/mol. The Morgan fingerprint density at radius 3 is 2.63 bits per heavy atom. The number of anilines is 2. The first-order valence-corrected chi connectivity index (χ1v) is 7.51. The van der Waals surface area contributed by atoms with E-state index in [0.29, 0.717) is 0 Å². The Labute approximate surface area is 134 Å². The van der Waals surface area contributed by atoms with Crippen molar-refractivity contribution in [3.8, 4) is 0 Å². The maximum Gasteiger partial charge on any atom is 0.323 e. The van der Waals surface area contributed by atoms with Crippen molar-refractivity contribution in [3.05, 3.63) is 56.1 Å². The number of nitrogens with one attached hydrogen (secondary N) is 2. The van der Waals surface area contributed by atoms with Crippen LogP contribution in [0.2, 0.25) is 0 Å². The van der Waals surface area contributed by atoms with Crippen LogP contribution >= 0.6 is 38.5 Å². The smallest absolute Gasteiger partial charge is 0.308 e. The normalized spacial score (nSPS) is 10.1. The lowest BCUT2D eigenvalue weighted by Crippen LogP contribution is -2.19. The molecule has 2 aromatic carbocycles. The maximum absolute atomic E-state index is 11.9. The van der Waals surface area contributed by atoms with Gasteiger partial charge >= 0.3 is 6.03 Å². The van der Waals surface area contributed by atoms with Crippen LogP contribution in [0.1, 0.15) is 5.56 Å². The zero-order chi connectivity index (χ0) is 13.8. The molecule has 19 heavy (non-hydrogen) atoms. The van der Waals surface area contributed by atoms with Gasteiger partial charge in [0.1, 0.15) is 0 Å². The van der Waals surface area contributed by atoms with Gasteiger partial charge in [0.05, 0.1) is 0 Å². The van der Waals surface area contributed by atoms with Crippen molar-refractivity contribution >= 4 is 55.9 Å². The van der Waals surface area contributed by atoms with Gasteiger partial charge in [0, 0.05) is 19.4 Å². The molecular formula is C14H12BrIN2O. The van der Waals surface area contributed by atoms with Gasteiger partial charge in [-0.05, 0) is 71.5 Å². The van der Waals surface area contributed by atoms with Crippen LogP contribution in [0.25, 0.3) is 0 Å². The van der Waals surface area contributed by atoms with E-state index >= 15 is 0 Å². The summed E-state index contributed by atoms with van der Waals surface area (Å²) in [5, 5.41) is 5.63. The summed E-state index contributed by atoms with van der Waals surface area (Å²) < 4.78 is 2.07. The summed E-state index contributed by atoms with van der Waals surface area (Å²) >= 11 is 5.61. The minimum Gasteiger partial charge on any atom is -0.308 e. The van der Waals surface area contributed by atoms with Crippen molar-refractivity contribution < 1.29 is 4.79 Å². The average molecular weight is 431 g/mol. The average Bonchev–Trinajstić information content (AvgIpc) is 2.33. The molecule has 0 bridgehead atoms. The number of rotatable bonds is 2. The standard InChI is InChI=1S/C14H12BrIN2O/c1-9-7-11(16)5-6-13(9)18-14(19)17-12-4-2-3-10(15)8-12/h2-8H,1H3,(H2,17,18,19). The molecule has 98 valence electrons. The number of aryl methyl sites for hydroxylation is 1. The molecule has 2 rings (SSSR count).